The fraction of sp³-hybridized carbons (Fsp3) is 0.250. The smallest absolute Gasteiger partial charge is 0.180 e. The summed E-state index contributed by atoms with van der Waals surface area (Å²) in [7, 11) is -6.78. The van der Waals surface area contributed by atoms with Gasteiger partial charge < -0.3 is 0 Å². The van der Waals surface area contributed by atoms with Gasteiger partial charge in [-0.1, -0.05) is 24.3 Å². The van der Waals surface area contributed by atoms with Gasteiger partial charge in [0.15, 0.2) is 19.7 Å². The number of rotatable bonds is 0. The summed E-state index contributed by atoms with van der Waals surface area (Å²) in [5.74, 6) is 1.90. The van der Waals surface area contributed by atoms with E-state index in [2.05, 4.69) is 24.3 Å². The van der Waals surface area contributed by atoms with Crippen molar-refractivity contribution >= 4 is 43.2 Å². The molecule has 0 spiro atoms. The second-order valence-electron chi connectivity index (χ2n) is 5.23. The zero-order valence-corrected chi connectivity index (χ0v) is 16.0. The quantitative estimate of drug-likeness (QED) is 0.677. The van der Waals surface area contributed by atoms with E-state index in [0.717, 1.165) is 0 Å². The maximum Gasteiger partial charge on any atom is 0.180 e. The molecule has 0 saturated carbocycles. The number of sulfone groups is 2. The van der Waals surface area contributed by atoms with Crippen LogP contribution in [0.3, 0.4) is 0 Å². The molecule has 8 heteroatoms. The van der Waals surface area contributed by atoms with Crippen molar-refractivity contribution in [2.24, 2.45) is 0 Å². The molecule has 0 aliphatic carbocycles. The summed E-state index contributed by atoms with van der Waals surface area (Å²) in [6, 6.07) is 14.3. The van der Waals surface area contributed by atoms with Gasteiger partial charge in [0.05, 0.1) is 21.3 Å². The molecule has 0 amide bonds. The topological polar surface area (TPSA) is 68.3 Å². The third kappa shape index (κ3) is 3.82. The molecule has 2 heterocycles. The monoisotopic (exact) mass is 400 g/mol. The summed E-state index contributed by atoms with van der Waals surface area (Å²) >= 11 is 3.94. The van der Waals surface area contributed by atoms with Crippen molar-refractivity contribution in [2.45, 2.75) is 19.6 Å². The Morgan fingerprint density at radius 3 is 1.42 bits per heavy atom. The van der Waals surface area contributed by atoms with Crippen LogP contribution in [0, 0.1) is 0 Å². The normalized spacial score (nSPS) is 20.0. The van der Waals surface area contributed by atoms with Crippen molar-refractivity contribution in [1.29, 1.82) is 0 Å². The molecule has 2 aromatic rings. The van der Waals surface area contributed by atoms with Crippen molar-refractivity contribution in [3.63, 3.8) is 0 Å². The highest BCUT2D eigenvalue weighted by atomic mass is 32.2. The van der Waals surface area contributed by atoms with Crippen molar-refractivity contribution in [3.8, 4) is 0 Å². The van der Waals surface area contributed by atoms with Gasteiger partial charge >= 0.3 is 0 Å². The largest absolute Gasteiger partial charge is 0.224 e. The molecule has 0 aromatic heterocycles. The second-order valence-corrected chi connectivity index (χ2v) is 11.7. The van der Waals surface area contributed by atoms with E-state index in [4.69, 9.17) is 0 Å². The van der Waals surface area contributed by atoms with Crippen LogP contribution in [0.15, 0.2) is 68.1 Å². The highest BCUT2D eigenvalue weighted by molar-refractivity contribution is 8.05. The minimum Gasteiger partial charge on any atom is -0.224 e. The van der Waals surface area contributed by atoms with Crippen LogP contribution in [0.4, 0.5) is 0 Å². The second kappa shape index (κ2) is 7.11. The third-order valence-corrected chi connectivity index (χ3v) is 10.0. The molecule has 0 atom stereocenters. The number of benzene rings is 2. The lowest BCUT2D eigenvalue weighted by Crippen LogP contribution is -2.25. The fourth-order valence-electron chi connectivity index (χ4n) is 2.40. The molecule has 2 aliphatic rings. The van der Waals surface area contributed by atoms with E-state index in [0.29, 0.717) is 0 Å². The van der Waals surface area contributed by atoms with Crippen LogP contribution in [0.2, 0.25) is 0 Å². The fourth-order valence-corrected chi connectivity index (χ4v) is 8.90. The van der Waals surface area contributed by atoms with Crippen molar-refractivity contribution in [1.82, 2.24) is 0 Å². The molecule has 0 fully saturated rings. The molecule has 0 N–H and O–H groups in total. The highest BCUT2D eigenvalue weighted by Crippen LogP contribution is 2.35. The van der Waals surface area contributed by atoms with Crippen molar-refractivity contribution in [3.05, 3.63) is 48.5 Å². The van der Waals surface area contributed by atoms with Gasteiger partial charge in [-0.2, -0.15) is 0 Å². The average Bonchev–Trinajstić information content (AvgIpc) is 2.60. The Morgan fingerprint density at radius 2 is 1.00 bits per heavy atom. The number of hydrogen-bond acceptors (Lipinski definition) is 6. The Kier molecular flexibility index (Phi) is 5.29. The first-order valence-corrected chi connectivity index (χ1v) is 12.6. The van der Waals surface area contributed by atoms with Gasteiger partial charge in [0.1, 0.15) is 0 Å². The Balaban J connectivity index is 0.000000149. The van der Waals surface area contributed by atoms with Crippen LogP contribution >= 0.6 is 23.5 Å². The maximum absolute atomic E-state index is 11.5. The summed E-state index contributed by atoms with van der Waals surface area (Å²) < 4.78 is 46.0. The van der Waals surface area contributed by atoms with Gasteiger partial charge in [0.2, 0.25) is 0 Å². The molecule has 0 unspecified atom stereocenters. The third-order valence-electron chi connectivity index (χ3n) is 3.59. The van der Waals surface area contributed by atoms with Crippen LogP contribution in [-0.4, -0.2) is 39.8 Å². The van der Waals surface area contributed by atoms with Gasteiger partial charge in [-0.05, 0) is 24.3 Å². The number of fused-ring (bicyclic) bond motifs is 2. The zero-order valence-electron chi connectivity index (χ0n) is 12.7. The number of thioether (sulfide) groups is 2. The Labute approximate surface area is 150 Å². The van der Waals surface area contributed by atoms with Crippen molar-refractivity contribution in [2.75, 3.05) is 23.0 Å². The minimum atomic E-state index is -3.39. The molecule has 0 radical (unpaired) electrons. The van der Waals surface area contributed by atoms with Gasteiger partial charge in [-0.25, -0.2) is 16.8 Å². The molecule has 2 aromatic carbocycles. The molecule has 4 rings (SSSR count). The molecule has 128 valence electrons. The average molecular weight is 401 g/mol. The minimum absolute atomic E-state index is 0.0637. The van der Waals surface area contributed by atoms with Crippen molar-refractivity contribution < 1.29 is 16.8 Å². The Hall–Kier alpha value is -0.960. The zero-order chi connectivity index (χ0) is 17.2. The first-order valence-electron chi connectivity index (χ1n) is 7.29. The van der Waals surface area contributed by atoms with E-state index in [9.17, 15) is 16.8 Å². The first kappa shape index (κ1) is 17.8. The molecule has 24 heavy (non-hydrogen) atoms. The molecular formula is C16H16O4S4. The molecule has 4 nitrogen and oxygen atoms in total. The first-order chi connectivity index (χ1) is 11.4. The van der Waals surface area contributed by atoms with Crippen LogP contribution < -0.4 is 0 Å². The van der Waals surface area contributed by atoms with Crippen LogP contribution in [0.5, 0.6) is 0 Å². The molecule has 0 bridgehead atoms. The summed E-state index contributed by atoms with van der Waals surface area (Å²) in [6.45, 7) is 0. The van der Waals surface area contributed by atoms with Crippen LogP contribution in [-0.2, 0) is 19.7 Å². The lowest BCUT2D eigenvalue weighted by molar-refractivity contribution is 0.575. The molecular weight excluding hydrogens is 384 g/mol. The molecule has 2 aliphatic heterocycles. The maximum atomic E-state index is 11.5. The Bertz CT molecular complexity index is 872. The SMILES string of the molecule is O=S1(=O)CCS(=O)(=O)c2ccccc21.c1ccc2c(c1)SCCS2. The van der Waals surface area contributed by atoms with E-state index in [1.807, 2.05) is 23.5 Å². The highest BCUT2D eigenvalue weighted by Gasteiger charge is 2.32. The lowest BCUT2D eigenvalue weighted by atomic mass is 10.4. The van der Waals surface area contributed by atoms with Gasteiger partial charge in [-0.15, -0.1) is 23.5 Å². The van der Waals surface area contributed by atoms with Crippen LogP contribution in [0.25, 0.3) is 0 Å². The van der Waals surface area contributed by atoms with E-state index < -0.39 is 19.7 Å². The van der Waals surface area contributed by atoms with Crippen LogP contribution in [0.1, 0.15) is 0 Å². The predicted molar refractivity (Wildman–Crippen MR) is 98.4 cm³/mol. The summed E-state index contributed by atoms with van der Waals surface area (Å²) in [6.07, 6.45) is 0. The van der Waals surface area contributed by atoms with Gasteiger partial charge in [0, 0.05) is 21.3 Å². The standard InChI is InChI=1S/C8H8O4S2.C8H8S2/c9-13(10)5-6-14(11,12)8-4-2-1-3-7(8)13;1-2-4-8-7(3-1)9-5-6-10-8/h1-4H,5-6H2;1-4H,5-6H2. The van der Waals surface area contributed by atoms with E-state index in [1.165, 1.54) is 45.6 Å². The van der Waals surface area contributed by atoms with E-state index in [-0.39, 0.29) is 21.3 Å². The lowest BCUT2D eigenvalue weighted by Gasteiger charge is -2.15. The number of hydrogen-bond donors (Lipinski definition) is 0. The van der Waals surface area contributed by atoms with E-state index in [1.54, 1.807) is 0 Å². The van der Waals surface area contributed by atoms with E-state index >= 15 is 0 Å². The van der Waals surface area contributed by atoms with Gasteiger partial charge in [-0.3, -0.25) is 0 Å². The predicted octanol–water partition coefficient (Wildman–Crippen LogP) is 3.13. The van der Waals surface area contributed by atoms with Gasteiger partial charge in [0.25, 0.3) is 0 Å². The summed E-state index contributed by atoms with van der Waals surface area (Å²) in [4.78, 5) is 2.79. The summed E-state index contributed by atoms with van der Waals surface area (Å²) in [5, 5.41) is 0. The molecule has 0 saturated heterocycles. The Morgan fingerprint density at radius 1 is 0.625 bits per heavy atom. The summed E-state index contributed by atoms with van der Waals surface area (Å²) in [5.41, 5.74) is 0.